The van der Waals surface area contributed by atoms with Crippen molar-refractivity contribution in [3.63, 3.8) is 0 Å². The van der Waals surface area contributed by atoms with E-state index in [9.17, 15) is 13.2 Å². The first kappa shape index (κ1) is 21.0. The number of carbonyl (C=O) groups excluding carboxylic acids is 1. The second kappa shape index (κ2) is 8.73. The number of nitrogens with one attached hydrogen (secondary N) is 2. The zero-order valence-corrected chi connectivity index (χ0v) is 17.9. The van der Waals surface area contributed by atoms with Crippen LogP contribution in [-0.4, -0.2) is 33.0 Å². The molecule has 3 aromatic rings. The molecule has 3 rings (SSSR count). The molecular weight excluding hydrogens is 410 g/mol. The van der Waals surface area contributed by atoms with Crippen LogP contribution in [-0.2, 0) is 10.0 Å². The molecule has 0 saturated heterocycles. The number of sulfonamides is 1. The van der Waals surface area contributed by atoms with Gasteiger partial charge in [-0.1, -0.05) is 0 Å². The van der Waals surface area contributed by atoms with Crippen LogP contribution in [0, 0.1) is 6.92 Å². The first-order valence-electron chi connectivity index (χ1n) is 8.89. The lowest BCUT2D eigenvalue weighted by Gasteiger charge is -2.06. The van der Waals surface area contributed by atoms with E-state index >= 15 is 0 Å². The summed E-state index contributed by atoms with van der Waals surface area (Å²) in [6, 6.07) is 13.5. The van der Waals surface area contributed by atoms with Gasteiger partial charge in [0.15, 0.2) is 0 Å². The molecule has 1 amide bonds. The lowest BCUT2D eigenvalue weighted by molar-refractivity contribution is 0.103. The molecule has 0 saturated carbocycles. The standard InChI is InChI=1S/C20H21N3O4S2/c1-4-27-16-9-5-14(6-10-16)20-22-13(2)18(28-20)19(24)23-15-7-11-17(12-8-15)29(25,26)21-3/h5-12,21H,4H2,1-3H3,(H,23,24). The normalized spacial score (nSPS) is 11.3. The Balaban J connectivity index is 1.76. The highest BCUT2D eigenvalue weighted by Crippen LogP contribution is 2.30. The smallest absolute Gasteiger partial charge is 0.267 e. The molecule has 2 aromatic carbocycles. The molecule has 2 N–H and O–H groups in total. The Bertz CT molecular complexity index is 1110. The highest BCUT2D eigenvalue weighted by molar-refractivity contribution is 7.89. The van der Waals surface area contributed by atoms with Crippen LogP contribution in [0.1, 0.15) is 22.3 Å². The van der Waals surface area contributed by atoms with Crippen LogP contribution in [0.15, 0.2) is 53.4 Å². The van der Waals surface area contributed by atoms with E-state index in [0.717, 1.165) is 16.3 Å². The number of aryl methyl sites for hydroxylation is 1. The monoisotopic (exact) mass is 431 g/mol. The maximum atomic E-state index is 12.7. The van der Waals surface area contributed by atoms with E-state index in [1.165, 1.54) is 30.5 Å². The van der Waals surface area contributed by atoms with Crippen LogP contribution in [0.25, 0.3) is 10.6 Å². The van der Waals surface area contributed by atoms with Gasteiger partial charge in [0.05, 0.1) is 17.2 Å². The first-order chi connectivity index (χ1) is 13.8. The minimum atomic E-state index is -3.52. The predicted molar refractivity (Wildman–Crippen MR) is 114 cm³/mol. The van der Waals surface area contributed by atoms with E-state index in [1.807, 2.05) is 31.2 Å². The van der Waals surface area contributed by atoms with Crippen molar-refractivity contribution in [1.29, 1.82) is 0 Å². The van der Waals surface area contributed by atoms with E-state index in [2.05, 4.69) is 15.0 Å². The lowest BCUT2D eigenvalue weighted by Crippen LogP contribution is -2.18. The zero-order chi connectivity index (χ0) is 21.0. The summed E-state index contributed by atoms with van der Waals surface area (Å²) in [7, 11) is -2.17. The fourth-order valence-electron chi connectivity index (χ4n) is 2.61. The minimum Gasteiger partial charge on any atom is -0.494 e. The molecule has 0 aliphatic heterocycles. The number of amides is 1. The molecule has 0 bridgehead atoms. The number of ether oxygens (including phenoxy) is 1. The average Bonchev–Trinajstić information content (AvgIpc) is 3.11. The maximum Gasteiger partial charge on any atom is 0.267 e. The number of nitrogens with zero attached hydrogens (tertiary/aromatic N) is 1. The summed E-state index contributed by atoms with van der Waals surface area (Å²) >= 11 is 1.30. The highest BCUT2D eigenvalue weighted by atomic mass is 32.2. The second-order valence-corrected chi connectivity index (χ2v) is 8.96. The second-order valence-electron chi connectivity index (χ2n) is 6.08. The van der Waals surface area contributed by atoms with Crippen molar-refractivity contribution in [3.8, 4) is 16.3 Å². The number of aromatic nitrogens is 1. The fourth-order valence-corrected chi connectivity index (χ4v) is 4.31. The Morgan fingerprint density at radius 1 is 1.10 bits per heavy atom. The van der Waals surface area contributed by atoms with E-state index in [0.29, 0.717) is 22.9 Å². The fraction of sp³-hybridized carbons (Fsp3) is 0.200. The SMILES string of the molecule is CCOc1ccc(-c2nc(C)c(C(=O)Nc3ccc(S(=O)(=O)NC)cc3)s2)cc1. The number of anilines is 1. The Labute approximate surface area is 173 Å². The van der Waals surface area contributed by atoms with Gasteiger partial charge >= 0.3 is 0 Å². The quantitative estimate of drug-likeness (QED) is 0.595. The van der Waals surface area contributed by atoms with Gasteiger partial charge in [-0.15, -0.1) is 11.3 Å². The van der Waals surface area contributed by atoms with Gasteiger partial charge in [-0.25, -0.2) is 18.1 Å². The maximum absolute atomic E-state index is 12.7. The highest BCUT2D eigenvalue weighted by Gasteiger charge is 2.17. The third kappa shape index (κ3) is 4.81. The number of rotatable bonds is 7. The average molecular weight is 432 g/mol. The van der Waals surface area contributed by atoms with Gasteiger partial charge in [-0.3, -0.25) is 4.79 Å². The molecule has 0 fully saturated rings. The van der Waals surface area contributed by atoms with E-state index < -0.39 is 10.0 Å². The number of hydrogen-bond donors (Lipinski definition) is 2. The molecule has 0 aliphatic carbocycles. The molecule has 7 nitrogen and oxygen atoms in total. The molecule has 9 heteroatoms. The molecule has 1 aromatic heterocycles. The molecule has 0 radical (unpaired) electrons. The summed E-state index contributed by atoms with van der Waals surface area (Å²) in [5.74, 6) is 0.493. The van der Waals surface area contributed by atoms with Crippen molar-refractivity contribution in [2.75, 3.05) is 19.0 Å². The topological polar surface area (TPSA) is 97.4 Å². The van der Waals surface area contributed by atoms with Crippen LogP contribution in [0.5, 0.6) is 5.75 Å². The third-order valence-corrected chi connectivity index (χ3v) is 6.74. The van der Waals surface area contributed by atoms with E-state index in [1.54, 1.807) is 19.1 Å². The van der Waals surface area contributed by atoms with E-state index in [4.69, 9.17) is 4.74 Å². The third-order valence-electron chi connectivity index (χ3n) is 4.11. The summed E-state index contributed by atoms with van der Waals surface area (Å²) in [6.45, 7) is 4.31. The number of benzene rings is 2. The minimum absolute atomic E-state index is 0.129. The van der Waals surface area contributed by atoms with Crippen molar-refractivity contribution in [3.05, 3.63) is 59.1 Å². The van der Waals surface area contributed by atoms with Gasteiger partial charge in [0.2, 0.25) is 10.0 Å². The van der Waals surface area contributed by atoms with Crippen LogP contribution in [0.4, 0.5) is 5.69 Å². The van der Waals surface area contributed by atoms with Gasteiger partial charge in [0, 0.05) is 11.3 Å². The van der Waals surface area contributed by atoms with Crippen molar-refractivity contribution < 1.29 is 17.9 Å². The summed E-state index contributed by atoms with van der Waals surface area (Å²) < 4.78 is 31.3. The van der Waals surface area contributed by atoms with Gasteiger partial charge in [-0.05, 0) is 69.4 Å². The van der Waals surface area contributed by atoms with Gasteiger partial charge < -0.3 is 10.1 Å². The summed E-state index contributed by atoms with van der Waals surface area (Å²) in [6.07, 6.45) is 0. The van der Waals surface area contributed by atoms with Crippen molar-refractivity contribution in [2.24, 2.45) is 0 Å². The zero-order valence-electron chi connectivity index (χ0n) is 16.2. The Morgan fingerprint density at radius 3 is 2.34 bits per heavy atom. The number of carbonyl (C=O) groups is 1. The van der Waals surface area contributed by atoms with Crippen LogP contribution < -0.4 is 14.8 Å². The molecule has 152 valence electrons. The lowest BCUT2D eigenvalue weighted by atomic mass is 10.2. The van der Waals surface area contributed by atoms with Crippen molar-refractivity contribution in [2.45, 2.75) is 18.7 Å². The summed E-state index contributed by atoms with van der Waals surface area (Å²) in [4.78, 5) is 17.8. The molecule has 0 atom stereocenters. The Hall–Kier alpha value is -2.75. The summed E-state index contributed by atoms with van der Waals surface area (Å²) in [5.41, 5.74) is 2.04. The van der Waals surface area contributed by atoms with Gasteiger partial charge in [-0.2, -0.15) is 0 Å². The molecule has 0 aliphatic rings. The molecular formula is C20H21N3O4S2. The van der Waals surface area contributed by atoms with Crippen LogP contribution in [0.2, 0.25) is 0 Å². The van der Waals surface area contributed by atoms with E-state index in [-0.39, 0.29) is 10.8 Å². The van der Waals surface area contributed by atoms with Gasteiger partial charge in [0.25, 0.3) is 5.91 Å². The number of thiazole rings is 1. The Morgan fingerprint density at radius 2 is 1.76 bits per heavy atom. The van der Waals surface area contributed by atoms with Crippen LogP contribution >= 0.6 is 11.3 Å². The van der Waals surface area contributed by atoms with Crippen molar-refractivity contribution in [1.82, 2.24) is 9.71 Å². The largest absolute Gasteiger partial charge is 0.494 e. The van der Waals surface area contributed by atoms with Crippen LogP contribution in [0.3, 0.4) is 0 Å². The number of hydrogen-bond acceptors (Lipinski definition) is 6. The summed E-state index contributed by atoms with van der Waals surface area (Å²) in [5, 5.41) is 3.52. The predicted octanol–water partition coefficient (Wildman–Crippen LogP) is 3.68. The van der Waals surface area contributed by atoms with Crippen molar-refractivity contribution >= 4 is 33.0 Å². The molecule has 0 spiro atoms. The van der Waals surface area contributed by atoms with Gasteiger partial charge in [0.1, 0.15) is 15.6 Å². The molecule has 29 heavy (non-hydrogen) atoms. The first-order valence-corrected chi connectivity index (χ1v) is 11.2. The molecule has 1 heterocycles. The molecule has 0 unspecified atom stereocenters. The Kier molecular flexibility index (Phi) is 6.31.